The van der Waals surface area contributed by atoms with Crippen LogP contribution in [0.3, 0.4) is 0 Å². The standard InChI is InChI=1S/C12H14N2OS2/c1-16-9-11-13-14-12(15-11)17-8-7-10-5-3-2-4-6-10/h2-6H,7-9H2,1H3. The summed E-state index contributed by atoms with van der Waals surface area (Å²) in [6.07, 6.45) is 3.04. The van der Waals surface area contributed by atoms with E-state index < -0.39 is 0 Å². The quantitative estimate of drug-likeness (QED) is 0.750. The highest BCUT2D eigenvalue weighted by molar-refractivity contribution is 7.99. The third-order valence-electron chi connectivity index (χ3n) is 2.18. The summed E-state index contributed by atoms with van der Waals surface area (Å²) in [5.41, 5.74) is 1.34. The fourth-order valence-electron chi connectivity index (χ4n) is 1.38. The lowest BCUT2D eigenvalue weighted by molar-refractivity contribution is 0.426. The van der Waals surface area contributed by atoms with Crippen LogP contribution in [0, 0.1) is 0 Å². The molecule has 2 aromatic rings. The fourth-order valence-corrected chi connectivity index (χ4v) is 2.51. The van der Waals surface area contributed by atoms with Crippen LogP contribution in [0.15, 0.2) is 40.0 Å². The van der Waals surface area contributed by atoms with Gasteiger partial charge in [-0.2, -0.15) is 11.8 Å². The molecule has 0 atom stereocenters. The van der Waals surface area contributed by atoms with Crippen LogP contribution < -0.4 is 0 Å². The zero-order valence-corrected chi connectivity index (χ0v) is 11.3. The summed E-state index contributed by atoms with van der Waals surface area (Å²) in [6, 6.07) is 10.4. The lowest BCUT2D eigenvalue weighted by Gasteiger charge is -1.97. The summed E-state index contributed by atoms with van der Waals surface area (Å²) in [7, 11) is 0. The zero-order chi connectivity index (χ0) is 11.9. The summed E-state index contributed by atoms with van der Waals surface area (Å²) in [5, 5.41) is 8.64. The summed E-state index contributed by atoms with van der Waals surface area (Å²) in [6.45, 7) is 0. The SMILES string of the molecule is CSCc1nnc(SCCc2ccccc2)o1. The van der Waals surface area contributed by atoms with E-state index in [0.717, 1.165) is 17.9 Å². The summed E-state index contributed by atoms with van der Waals surface area (Å²) < 4.78 is 5.48. The Labute approximate surface area is 109 Å². The van der Waals surface area contributed by atoms with E-state index in [2.05, 4.69) is 34.5 Å². The minimum atomic E-state index is 0.671. The Hall–Kier alpha value is -0.940. The van der Waals surface area contributed by atoms with Gasteiger partial charge in [-0.1, -0.05) is 42.1 Å². The van der Waals surface area contributed by atoms with Gasteiger partial charge in [0.05, 0.1) is 5.75 Å². The predicted molar refractivity (Wildman–Crippen MR) is 72.4 cm³/mol. The maximum Gasteiger partial charge on any atom is 0.276 e. The Morgan fingerprint density at radius 2 is 2.00 bits per heavy atom. The second-order valence-electron chi connectivity index (χ2n) is 3.48. The maximum absolute atomic E-state index is 5.48. The second-order valence-corrected chi connectivity index (χ2v) is 5.39. The van der Waals surface area contributed by atoms with E-state index >= 15 is 0 Å². The van der Waals surface area contributed by atoms with Crippen molar-refractivity contribution in [2.24, 2.45) is 0 Å². The number of aromatic nitrogens is 2. The minimum absolute atomic E-state index is 0.671. The third kappa shape index (κ3) is 4.09. The third-order valence-corrected chi connectivity index (χ3v) is 3.53. The van der Waals surface area contributed by atoms with Crippen molar-refractivity contribution in [1.82, 2.24) is 10.2 Å². The van der Waals surface area contributed by atoms with Crippen molar-refractivity contribution >= 4 is 23.5 Å². The molecule has 0 amide bonds. The molecule has 0 aliphatic rings. The molecule has 0 saturated carbocycles. The van der Waals surface area contributed by atoms with Crippen LogP contribution in [0.5, 0.6) is 0 Å². The predicted octanol–water partition coefficient (Wildman–Crippen LogP) is 3.27. The number of hydrogen-bond acceptors (Lipinski definition) is 5. The van der Waals surface area contributed by atoms with E-state index in [1.807, 2.05) is 12.3 Å². The van der Waals surface area contributed by atoms with Crippen molar-refractivity contribution in [3.63, 3.8) is 0 Å². The molecule has 0 unspecified atom stereocenters. The smallest absolute Gasteiger partial charge is 0.276 e. The van der Waals surface area contributed by atoms with E-state index in [0.29, 0.717) is 11.1 Å². The highest BCUT2D eigenvalue weighted by atomic mass is 32.2. The number of thioether (sulfide) groups is 2. The monoisotopic (exact) mass is 266 g/mol. The Morgan fingerprint density at radius 1 is 1.18 bits per heavy atom. The molecule has 0 aliphatic carbocycles. The van der Waals surface area contributed by atoms with Gasteiger partial charge < -0.3 is 4.42 Å². The van der Waals surface area contributed by atoms with Crippen molar-refractivity contribution in [3.05, 3.63) is 41.8 Å². The van der Waals surface area contributed by atoms with Gasteiger partial charge in [0.25, 0.3) is 5.22 Å². The molecule has 0 radical (unpaired) electrons. The first-order valence-corrected chi connectivity index (χ1v) is 7.74. The first-order chi connectivity index (χ1) is 8.38. The Balaban J connectivity index is 1.78. The Morgan fingerprint density at radius 3 is 2.76 bits per heavy atom. The highest BCUT2D eigenvalue weighted by Crippen LogP contribution is 2.19. The molecule has 0 bridgehead atoms. The van der Waals surface area contributed by atoms with Gasteiger partial charge in [0, 0.05) is 5.75 Å². The molecule has 0 spiro atoms. The largest absolute Gasteiger partial charge is 0.415 e. The molecule has 1 aromatic heterocycles. The average molecular weight is 266 g/mol. The number of rotatable bonds is 6. The molecule has 17 heavy (non-hydrogen) atoms. The van der Waals surface area contributed by atoms with Crippen molar-refractivity contribution in [2.45, 2.75) is 17.4 Å². The van der Waals surface area contributed by atoms with E-state index in [1.54, 1.807) is 23.5 Å². The van der Waals surface area contributed by atoms with Crippen LogP contribution in [0.1, 0.15) is 11.5 Å². The Bertz CT molecular complexity index is 445. The summed E-state index contributed by atoms with van der Waals surface area (Å²) in [4.78, 5) is 0. The molecule has 0 saturated heterocycles. The lowest BCUT2D eigenvalue weighted by Crippen LogP contribution is -1.87. The molecule has 2 rings (SSSR count). The van der Waals surface area contributed by atoms with Gasteiger partial charge in [-0.25, -0.2) is 0 Å². The van der Waals surface area contributed by atoms with Crippen molar-refractivity contribution < 1.29 is 4.42 Å². The molecule has 0 N–H and O–H groups in total. The highest BCUT2D eigenvalue weighted by Gasteiger charge is 2.05. The van der Waals surface area contributed by atoms with Crippen LogP contribution in [-0.4, -0.2) is 22.2 Å². The van der Waals surface area contributed by atoms with E-state index in [1.165, 1.54) is 5.56 Å². The average Bonchev–Trinajstić information content (AvgIpc) is 2.79. The van der Waals surface area contributed by atoms with Gasteiger partial charge in [-0.15, -0.1) is 10.2 Å². The zero-order valence-electron chi connectivity index (χ0n) is 9.63. The lowest BCUT2D eigenvalue weighted by atomic mass is 10.2. The molecule has 3 nitrogen and oxygen atoms in total. The van der Waals surface area contributed by atoms with Crippen molar-refractivity contribution in [3.8, 4) is 0 Å². The Kier molecular flexibility index (Phi) is 4.94. The van der Waals surface area contributed by atoms with Crippen LogP contribution >= 0.6 is 23.5 Å². The van der Waals surface area contributed by atoms with Crippen LogP contribution in [0.4, 0.5) is 0 Å². The number of aryl methyl sites for hydroxylation is 1. The first kappa shape index (κ1) is 12.5. The number of nitrogens with zero attached hydrogens (tertiary/aromatic N) is 2. The van der Waals surface area contributed by atoms with Crippen molar-refractivity contribution in [1.29, 1.82) is 0 Å². The molecule has 1 aromatic carbocycles. The topological polar surface area (TPSA) is 38.9 Å². The van der Waals surface area contributed by atoms with Gasteiger partial charge in [-0.3, -0.25) is 0 Å². The molecule has 90 valence electrons. The van der Waals surface area contributed by atoms with Gasteiger partial charge in [-0.05, 0) is 18.2 Å². The minimum Gasteiger partial charge on any atom is -0.415 e. The maximum atomic E-state index is 5.48. The normalized spacial score (nSPS) is 10.6. The van der Waals surface area contributed by atoms with Gasteiger partial charge in [0.1, 0.15) is 0 Å². The first-order valence-electron chi connectivity index (χ1n) is 5.36. The second kappa shape index (κ2) is 6.71. The summed E-state index contributed by atoms with van der Waals surface area (Å²) >= 11 is 3.30. The molecule has 1 heterocycles. The van der Waals surface area contributed by atoms with Crippen LogP contribution in [0.2, 0.25) is 0 Å². The van der Waals surface area contributed by atoms with Crippen molar-refractivity contribution in [2.75, 3.05) is 12.0 Å². The molecular formula is C12H14N2OS2. The molecule has 0 fully saturated rings. The van der Waals surface area contributed by atoms with E-state index in [9.17, 15) is 0 Å². The number of hydrogen-bond donors (Lipinski definition) is 0. The summed E-state index contributed by atoms with van der Waals surface area (Å²) in [5.74, 6) is 2.46. The molecule has 5 heteroatoms. The van der Waals surface area contributed by atoms with Crippen LogP contribution in [0.25, 0.3) is 0 Å². The number of benzene rings is 1. The van der Waals surface area contributed by atoms with Crippen LogP contribution in [-0.2, 0) is 12.2 Å². The molecule has 0 aliphatic heterocycles. The molecular weight excluding hydrogens is 252 g/mol. The fraction of sp³-hybridized carbons (Fsp3) is 0.333. The van der Waals surface area contributed by atoms with E-state index in [-0.39, 0.29) is 0 Å². The van der Waals surface area contributed by atoms with Gasteiger partial charge in [0.15, 0.2) is 0 Å². The van der Waals surface area contributed by atoms with Gasteiger partial charge >= 0.3 is 0 Å². The van der Waals surface area contributed by atoms with Gasteiger partial charge in [0.2, 0.25) is 5.89 Å². The van der Waals surface area contributed by atoms with E-state index in [4.69, 9.17) is 4.42 Å².